The number of rotatable bonds is 8. The highest BCUT2D eigenvalue weighted by molar-refractivity contribution is 5.88. The maximum absolute atomic E-state index is 11.2. The molecule has 0 amide bonds. The molecule has 0 aliphatic rings. The second-order valence-electron chi connectivity index (χ2n) is 3.27. The van der Waals surface area contributed by atoms with Gasteiger partial charge in [0.2, 0.25) is 0 Å². The summed E-state index contributed by atoms with van der Waals surface area (Å²) in [6.45, 7) is 8.96. The number of carbonyl (C=O) groups excluding carboxylic acids is 1. The van der Waals surface area contributed by atoms with Gasteiger partial charge in [-0.1, -0.05) is 13.5 Å². The molecule has 0 radical (unpaired) electrons. The molecule has 0 saturated heterocycles. The quantitative estimate of drug-likeness (QED) is 0.487. The van der Waals surface area contributed by atoms with E-state index in [1.54, 1.807) is 14.0 Å². The van der Waals surface area contributed by atoms with Gasteiger partial charge in [-0.25, -0.2) is 4.79 Å². The molecule has 0 aliphatic carbocycles. The molecule has 0 aliphatic heterocycles. The molecule has 0 bridgehead atoms. The summed E-state index contributed by atoms with van der Waals surface area (Å²) in [5, 5.41) is 3.18. The lowest BCUT2D eigenvalue weighted by Crippen LogP contribution is -2.35. The Balaban J connectivity index is 3.81. The molecule has 0 rings (SSSR count). The molecule has 88 valence electrons. The van der Waals surface area contributed by atoms with Gasteiger partial charge in [0.15, 0.2) is 0 Å². The molecule has 0 aromatic heterocycles. The highest BCUT2D eigenvalue weighted by Crippen LogP contribution is 1.96. The van der Waals surface area contributed by atoms with Gasteiger partial charge in [-0.05, 0) is 13.3 Å². The van der Waals surface area contributed by atoms with Gasteiger partial charge in [-0.15, -0.1) is 0 Å². The molecule has 1 N–H and O–H groups in total. The third-order valence-corrected chi connectivity index (χ3v) is 2.03. The summed E-state index contributed by atoms with van der Waals surface area (Å²) in [5.41, 5.74) is 0.450. The normalized spacial score (nSPS) is 12.2. The fourth-order valence-electron chi connectivity index (χ4n) is 1.10. The van der Waals surface area contributed by atoms with Crippen LogP contribution in [-0.2, 0) is 14.3 Å². The number of carbonyl (C=O) groups is 1. The molecular weight excluding hydrogens is 194 g/mol. The third-order valence-electron chi connectivity index (χ3n) is 2.03. The van der Waals surface area contributed by atoms with Crippen molar-refractivity contribution < 1.29 is 14.3 Å². The number of esters is 1. The number of ether oxygens (including phenoxy) is 2. The summed E-state index contributed by atoms with van der Waals surface area (Å²) < 4.78 is 9.85. The molecule has 4 nitrogen and oxygen atoms in total. The van der Waals surface area contributed by atoms with Gasteiger partial charge in [-0.3, -0.25) is 0 Å². The molecule has 0 spiro atoms. The maximum atomic E-state index is 11.2. The lowest BCUT2D eigenvalue weighted by atomic mass is 10.2. The van der Waals surface area contributed by atoms with E-state index in [0.29, 0.717) is 25.3 Å². The zero-order valence-electron chi connectivity index (χ0n) is 9.84. The second-order valence-corrected chi connectivity index (χ2v) is 3.27. The van der Waals surface area contributed by atoms with Crippen molar-refractivity contribution in [1.82, 2.24) is 5.32 Å². The molecule has 0 saturated carbocycles. The first-order valence-corrected chi connectivity index (χ1v) is 5.22. The summed E-state index contributed by atoms with van der Waals surface area (Å²) in [6, 6.07) is 0.251. The largest absolute Gasteiger partial charge is 0.463 e. The Hall–Kier alpha value is -0.870. The average molecular weight is 215 g/mol. The van der Waals surface area contributed by atoms with Crippen LogP contribution in [0, 0.1) is 0 Å². The number of hydrogen-bond acceptors (Lipinski definition) is 4. The van der Waals surface area contributed by atoms with Gasteiger partial charge in [0.1, 0.15) is 0 Å². The first kappa shape index (κ1) is 14.1. The Bertz CT molecular complexity index is 204. The molecule has 0 aromatic rings. The predicted octanol–water partition coefficient (Wildman–Crippen LogP) is 1.12. The standard InChI is InChI=1S/C11H21NO3/c1-5-10(8-14-4)12-7-9(3)11(13)15-6-2/h10,12H,3,5-8H2,1-2,4H3. The van der Waals surface area contributed by atoms with Gasteiger partial charge < -0.3 is 14.8 Å². The van der Waals surface area contributed by atoms with Crippen molar-refractivity contribution in [2.75, 3.05) is 26.9 Å². The molecule has 1 unspecified atom stereocenters. The molecule has 0 aromatic carbocycles. The van der Waals surface area contributed by atoms with Crippen molar-refractivity contribution in [1.29, 1.82) is 0 Å². The van der Waals surface area contributed by atoms with Crippen molar-refractivity contribution >= 4 is 5.97 Å². The Kier molecular flexibility index (Phi) is 7.95. The van der Waals surface area contributed by atoms with E-state index in [4.69, 9.17) is 9.47 Å². The van der Waals surface area contributed by atoms with Crippen molar-refractivity contribution in [3.8, 4) is 0 Å². The van der Waals surface area contributed by atoms with Crippen molar-refractivity contribution in [3.63, 3.8) is 0 Å². The number of nitrogens with one attached hydrogen (secondary N) is 1. The topological polar surface area (TPSA) is 47.6 Å². The smallest absolute Gasteiger partial charge is 0.334 e. The molecule has 1 atom stereocenters. The Morgan fingerprint density at radius 1 is 1.47 bits per heavy atom. The van der Waals surface area contributed by atoms with E-state index < -0.39 is 0 Å². The van der Waals surface area contributed by atoms with E-state index in [1.165, 1.54) is 0 Å². The van der Waals surface area contributed by atoms with E-state index in [9.17, 15) is 4.79 Å². The van der Waals surface area contributed by atoms with Crippen LogP contribution in [-0.4, -0.2) is 38.9 Å². The van der Waals surface area contributed by atoms with E-state index >= 15 is 0 Å². The summed E-state index contributed by atoms with van der Waals surface area (Å²) >= 11 is 0. The minimum atomic E-state index is -0.336. The van der Waals surface area contributed by atoms with E-state index in [-0.39, 0.29) is 12.0 Å². The van der Waals surface area contributed by atoms with E-state index in [0.717, 1.165) is 6.42 Å². The van der Waals surface area contributed by atoms with Crippen LogP contribution in [0.15, 0.2) is 12.2 Å². The fraction of sp³-hybridized carbons (Fsp3) is 0.727. The van der Waals surface area contributed by atoms with Crippen LogP contribution in [0.3, 0.4) is 0 Å². The Morgan fingerprint density at radius 2 is 2.13 bits per heavy atom. The van der Waals surface area contributed by atoms with Crippen molar-refractivity contribution in [2.45, 2.75) is 26.3 Å². The molecule has 0 fully saturated rings. The number of hydrogen-bond donors (Lipinski definition) is 1. The van der Waals surface area contributed by atoms with Crippen LogP contribution in [0.4, 0.5) is 0 Å². The minimum Gasteiger partial charge on any atom is -0.463 e. The van der Waals surface area contributed by atoms with Crippen LogP contribution >= 0.6 is 0 Å². The second kappa shape index (κ2) is 8.44. The third kappa shape index (κ3) is 6.25. The lowest BCUT2D eigenvalue weighted by Gasteiger charge is -2.16. The Morgan fingerprint density at radius 3 is 2.60 bits per heavy atom. The first-order valence-electron chi connectivity index (χ1n) is 5.22. The van der Waals surface area contributed by atoms with Crippen LogP contribution in [0.2, 0.25) is 0 Å². The highest BCUT2D eigenvalue weighted by Gasteiger charge is 2.10. The van der Waals surface area contributed by atoms with Crippen LogP contribution in [0.25, 0.3) is 0 Å². The molecular formula is C11H21NO3. The summed E-state index contributed by atoms with van der Waals surface area (Å²) in [5.74, 6) is -0.336. The van der Waals surface area contributed by atoms with Crippen molar-refractivity contribution in [2.24, 2.45) is 0 Å². The minimum absolute atomic E-state index is 0.251. The average Bonchev–Trinajstić information content (AvgIpc) is 2.24. The first-order chi connectivity index (χ1) is 7.15. The van der Waals surface area contributed by atoms with E-state index in [2.05, 4.69) is 18.8 Å². The van der Waals surface area contributed by atoms with Gasteiger partial charge in [-0.2, -0.15) is 0 Å². The summed E-state index contributed by atoms with van der Waals surface area (Å²) in [6.07, 6.45) is 0.948. The zero-order chi connectivity index (χ0) is 11.7. The fourth-order valence-corrected chi connectivity index (χ4v) is 1.10. The van der Waals surface area contributed by atoms with Gasteiger partial charge in [0.25, 0.3) is 0 Å². The monoisotopic (exact) mass is 215 g/mol. The van der Waals surface area contributed by atoms with Crippen LogP contribution in [0.1, 0.15) is 20.3 Å². The highest BCUT2D eigenvalue weighted by atomic mass is 16.5. The van der Waals surface area contributed by atoms with Gasteiger partial charge >= 0.3 is 5.97 Å². The molecule has 4 heteroatoms. The maximum Gasteiger partial charge on any atom is 0.334 e. The summed E-state index contributed by atoms with van der Waals surface area (Å²) in [4.78, 5) is 11.2. The molecule has 0 heterocycles. The molecule has 15 heavy (non-hydrogen) atoms. The van der Waals surface area contributed by atoms with Gasteiger partial charge in [0, 0.05) is 25.3 Å². The predicted molar refractivity (Wildman–Crippen MR) is 59.7 cm³/mol. The van der Waals surface area contributed by atoms with Crippen LogP contribution < -0.4 is 5.32 Å². The van der Waals surface area contributed by atoms with Gasteiger partial charge in [0.05, 0.1) is 13.2 Å². The lowest BCUT2D eigenvalue weighted by molar-refractivity contribution is -0.138. The van der Waals surface area contributed by atoms with E-state index in [1.807, 2.05) is 0 Å². The zero-order valence-corrected chi connectivity index (χ0v) is 9.84. The van der Waals surface area contributed by atoms with Crippen molar-refractivity contribution in [3.05, 3.63) is 12.2 Å². The SMILES string of the molecule is C=C(CNC(CC)COC)C(=O)OCC. The van der Waals surface area contributed by atoms with Crippen LogP contribution in [0.5, 0.6) is 0 Å². The Labute approximate surface area is 91.6 Å². The number of methoxy groups -OCH3 is 1. The summed E-state index contributed by atoms with van der Waals surface area (Å²) in [7, 11) is 1.66.